The minimum atomic E-state index is -0.375. The lowest BCUT2D eigenvalue weighted by molar-refractivity contribution is 0.0977. The molecule has 1 amide bonds. The highest BCUT2D eigenvalue weighted by atomic mass is 16.1. The SMILES string of the molecule is CC(c1cccnc1)N1CCN(Cc2ccc(C(N)=O)cc2)CC1. The van der Waals surface area contributed by atoms with E-state index < -0.39 is 0 Å². The minimum absolute atomic E-state index is 0.375. The van der Waals surface area contributed by atoms with Crippen LogP contribution in [-0.4, -0.2) is 46.9 Å². The first-order valence-corrected chi connectivity index (χ1v) is 8.38. The van der Waals surface area contributed by atoms with Crippen LogP contribution in [0.25, 0.3) is 0 Å². The van der Waals surface area contributed by atoms with Crippen LogP contribution >= 0.6 is 0 Å². The van der Waals surface area contributed by atoms with E-state index in [1.165, 1.54) is 11.1 Å². The van der Waals surface area contributed by atoms with Crippen LogP contribution < -0.4 is 5.73 Å². The number of primary amides is 1. The zero-order valence-electron chi connectivity index (χ0n) is 14.1. The van der Waals surface area contributed by atoms with Crippen molar-refractivity contribution in [2.45, 2.75) is 19.5 Å². The van der Waals surface area contributed by atoms with Crippen LogP contribution in [0.15, 0.2) is 48.8 Å². The molecule has 5 nitrogen and oxygen atoms in total. The molecule has 24 heavy (non-hydrogen) atoms. The predicted octanol–water partition coefficient (Wildman–Crippen LogP) is 2.06. The molecule has 1 saturated heterocycles. The molecule has 2 N–H and O–H groups in total. The predicted molar refractivity (Wildman–Crippen MR) is 94.5 cm³/mol. The van der Waals surface area contributed by atoms with Gasteiger partial charge in [0, 0.05) is 56.7 Å². The number of rotatable bonds is 5. The molecule has 0 radical (unpaired) electrons. The number of hydrogen-bond donors (Lipinski definition) is 1. The second-order valence-electron chi connectivity index (χ2n) is 6.34. The molecule has 2 aromatic rings. The lowest BCUT2D eigenvalue weighted by atomic mass is 10.1. The summed E-state index contributed by atoms with van der Waals surface area (Å²) in [4.78, 5) is 20.3. The maximum atomic E-state index is 11.1. The average molecular weight is 324 g/mol. The summed E-state index contributed by atoms with van der Waals surface area (Å²) in [6, 6.07) is 12.1. The summed E-state index contributed by atoms with van der Waals surface area (Å²) in [6.07, 6.45) is 3.77. The standard InChI is InChI=1S/C19H24N4O/c1-15(18-3-2-8-21-13-18)23-11-9-22(10-12-23)14-16-4-6-17(7-5-16)19(20)24/h2-8,13,15H,9-12,14H2,1H3,(H2,20,24). The Balaban J connectivity index is 1.52. The molecule has 1 aromatic heterocycles. The maximum absolute atomic E-state index is 11.1. The molecule has 126 valence electrons. The summed E-state index contributed by atoms with van der Waals surface area (Å²) in [5, 5.41) is 0. The van der Waals surface area contributed by atoms with Gasteiger partial charge in [0.05, 0.1) is 0 Å². The number of hydrogen-bond acceptors (Lipinski definition) is 4. The number of nitrogens with two attached hydrogens (primary N) is 1. The van der Waals surface area contributed by atoms with E-state index in [-0.39, 0.29) is 5.91 Å². The van der Waals surface area contributed by atoms with Crippen molar-refractivity contribution >= 4 is 5.91 Å². The molecule has 0 saturated carbocycles. The second-order valence-corrected chi connectivity index (χ2v) is 6.34. The zero-order valence-corrected chi connectivity index (χ0v) is 14.1. The molecular formula is C19H24N4O. The van der Waals surface area contributed by atoms with E-state index in [2.05, 4.69) is 27.8 Å². The molecule has 1 aromatic carbocycles. The highest BCUT2D eigenvalue weighted by molar-refractivity contribution is 5.92. The van der Waals surface area contributed by atoms with Crippen LogP contribution in [0.4, 0.5) is 0 Å². The molecule has 3 rings (SSSR count). The van der Waals surface area contributed by atoms with Crippen molar-refractivity contribution in [1.29, 1.82) is 0 Å². The number of piperazine rings is 1. The third-order valence-corrected chi connectivity index (χ3v) is 4.77. The van der Waals surface area contributed by atoms with Gasteiger partial charge in [0.1, 0.15) is 0 Å². The highest BCUT2D eigenvalue weighted by Crippen LogP contribution is 2.21. The normalized spacial score (nSPS) is 17.5. The van der Waals surface area contributed by atoms with Crippen molar-refractivity contribution in [2.75, 3.05) is 26.2 Å². The summed E-state index contributed by atoms with van der Waals surface area (Å²) in [5.41, 5.74) is 8.33. The van der Waals surface area contributed by atoms with Gasteiger partial charge in [-0.2, -0.15) is 0 Å². The van der Waals surface area contributed by atoms with E-state index in [0.29, 0.717) is 11.6 Å². The Morgan fingerprint density at radius 1 is 1.17 bits per heavy atom. The third-order valence-electron chi connectivity index (χ3n) is 4.77. The van der Waals surface area contributed by atoms with Crippen LogP contribution in [0.1, 0.15) is 34.5 Å². The van der Waals surface area contributed by atoms with Crippen LogP contribution in [-0.2, 0) is 6.54 Å². The van der Waals surface area contributed by atoms with E-state index >= 15 is 0 Å². The zero-order chi connectivity index (χ0) is 16.9. The number of carbonyl (C=O) groups is 1. The molecule has 2 heterocycles. The Labute approximate surface area is 143 Å². The molecule has 1 aliphatic rings. The molecule has 1 aliphatic heterocycles. The van der Waals surface area contributed by atoms with E-state index in [4.69, 9.17) is 5.73 Å². The van der Waals surface area contributed by atoms with Gasteiger partial charge in [-0.15, -0.1) is 0 Å². The summed E-state index contributed by atoms with van der Waals surface area (Å²) in [7, 11) is 0. The number of benzene rings is 1. The summed E-state index contributed by atoms with van der Waals surface area (Å²) in [6.45, 7) is 7.35. The van der Waals surface area contributed by atoms with Gasteiger partial charge in [-0.1, -0.05) is 18.2 Å². The van der Waals surface area contributed by atoms with Crippen LogP contribution in [0.2, 0.25) is 0 Å². The van der Waals surface area contributed by atoms with Crippen LogP contribution in [0.5, 0.6) is 0 Å². The smallest absolute Gasteiger partial charge is 0.248 e. The van der Waals surface area contributed by atoms with Gasteiger partial charge in [0.2, 0.25) is 5.91 Å². The van der Waals surface area contributed by atoms with E-state index in [1.54, 1.807) is 12.1 Å². The molecule has 1 fully saturated rings. The Morgan fingerprint density at radius 2 is 1.88 bits per heavy atom. The number of aromatic nitrogens is 1. The fourth-order valence-electron chi connectivity index (χ4n) is 3.18. The van der Waals surface area contributed by atoms with Gasteiger partial charge >= 0.3 is 0 Å². The van der Waals surface area contributed by atoms with Gasteiger partial charge in [0.15, 0.2) is 0 Å². The third kappa shape index (κ3) is 3.99. The number of amides is 1. The van der Waals surface area contributed by atoms with Gasteiger partial charge in [0.25, 0.3) is 0 Å². The van der Waals surface area contributed by atoms with Crippen molar-refractivity contribution in [3.05, 3.63) is 65.5 Å². The molecular weight excluding hydrogens is 300 g/mol. The van der Waals surface area contributed by atoms with Crippen molar-refractivity contribution in [3.63, 3.8) is 0 Å². The van der Waals surface area contributed by atoms with E-state index in [9.17, 15) is 4.79 Å². The number of nitrogens with zero attached hydrogens (tertiary/aromatic N) is 3. The first-order chi connectivity index (χ1) is 11.6. The number of carbonyl (C=O) groups excluding carboxylic acids is 1. The Morgan fingerprint density at radius 3 is 2.46 bits per heavy atom. The molecule has 0 aliphatic carbocycles. The highest BCUT2D eigenvalue weighted by Gasteiger charge is 2.22. The molecule has 1 unspecified atom stereocenters. The first kappa shape index (κ1) is 16.6. The van der Waals surface area contributed by atoms with Crippen molar-refractivity contribution in [1.82, 2.24) is 14.8 Å². The summed E-state index contributed by atoms with van der Waals surface area (Å²) < 4.78 is 0. The second kappa shape index (κ2) is 7.55. The van der Waals surface area contributed by atoms with Crippen molar-refractivity contribution in [3.8, 4) is 0 Å². The lowest BCUT2D eigenvalue weighted by Crippen LogP contribution is -2.46. The maximum Gasteiger partial charge on any atom is 0.248 e. The molecule has 1 atom stereocenters. The Kier molecular flexibility index (Phi) is 5.23. The fourth-order valence-corrected chi connectivity index (χ4v) is 3.18. The molecule has 0 bridgehead atoms. The topological polar surface area (TPSA) is 62.5 Å². The van der Waals surface area contributed by atoms with Crippen molar-refractivity contribution in [2.24, 2.45) is 5.73 Å². The van der Waals surface area contributed by atoms with Gasteiger partial charge in [-0.3, -0.25) is 19.6 Å². The van der Waals surface area contributed by atoms with E-state index in [1.807, 2.05) is 30.6 Å². The molecule has 0 spiro atoms. The average Bonchev–Trinajstić information content (AvgIpc) is 2.63. The van der Waals surface area contributed by atoms with Crippen molar-refractivity contribution < 1.29 is 4.79 Å². The van der Waals surface area contributed by atoms with Crippen LogP contribution in [0, 0.1) is 0 Å². The van der Waals surface area contributed by atoms with E-state index in [0.717, 1.165) is 32.7 Å². The van der Waals surface area contributed by atoms with Crippen LogP contribution in [0.3, 0.4) is 0 Å². The van der Waals surface area contributed by atoms with Gasteiger partial charge in [-0.25, -0.2) is 0 Å². The number of pyridine rings is 1. The van der Waals surface area contributed by atoms with Gasteiger partial charge < -0.3 is 5.73 Å². The monoisotopic (exact) mass is 324 g/mol. The summed E-state index contributed by atoms with van der Waals surface area (Å²) >= 11 is 0. The first-order valence-electron chi connectivity index (χ1n) is 8.38. The minimum Gasteiger partial charge on any atom is -0.366 e. The summed E-state index contributed by atoms with van der Waals surface area (Å²) in [5.74, 6) is -0.375. The lowest BCUT2D eigenvalue weighted by Gasteiger charge is -2.38. The quantitative estimate of drug-likeness (QED) is 0.914. The Bertz CT molecular complexity index is 664. The molecule has 5 heteroatoms. The fraction of sp³-hybridized carbons (Fsp3) is 0.368. The largest absolute Gasteiger partial charge is 0.366 e. The Hall–Kier alpha value is -2.24. The van der Waals surface area contributed by atoms with Gasteiger partial charge in [-0.05, 0) is 36.2 Å².